The van der Waals surface area contributed by atoms with Crippen molar-refractivity contribution in [3.05, 3.63) is 29.3 Å². The molecule has 0 saturated carbocycles. The molecule has 0 amide bonds. The van der Waals surface area contributed by atoms with Crippen LogP contribution in [0.4, 0.5) is 0 Å². The minimum Gasteiger partial charge on any atom is -0.340 e. The third-order valence-corrected chi connectivity index (χ3v) is 2.13. The van der Waals surface area contributed by atoms with Crippen molar-refractivity contribution in [3.63, 3.8) is 0 Å². The number of hydrogen-bond donors (Lipinski definition) is 1. The van der Waals surface area contributed by atoms with Gasteiger partial charge in [-0.1, -0.05) is 13.8 Å². The van der Waals surface area contributed by atoms with E-state index in [2.05, 4.69) is 4.89 Å². The van der Waals surface area contributed by atoms with Crippen molar-refractivity contribution in [2.24, 2.45) is 0 Å². The van der Waals surface area contributed by atoms with E-state index < -0.39 is 0 Å². The molecule has 0 aliphatic carbocycles. The van der Waals surface area contributed by atoms with E-state index in [9.17, 15) is 4.79 Å². The van der Waals surface area contributed by atoms with E-state index in [0.29, 0.717) is 11.3 Å². The first-order valence-corrected chi connectivity index (χ1v) is 4.52. The maximum absolute atomic E-state index is 11.3. The van der Waals surface area contributed by atoms with Gasteiger partial charge in [-0.2, -0.15) is 0 Å². The van der Waals surface area contributed by atoms with Crippen LogP contribution in [0.2, 0.25) is 0 Å². The highest BCUT2D eigenvalue weighted by molar-refractivity contribution is 5.95. The molecule has 0 heterocycles. The fraction of sp³-hybridized carbons (Fsp3) is 0.364. The lowest BCUT2D eigenvalue weighted by molar-refractivity contribution is -0.137. The van der Waals surface area contributed by atoms with Crippen molar-refractivity contribution < 1.29 is 14.9 Å². The Bertz CT molecular complexity index is 342. The molecule has 0 bridgehead atoms. The number of carbonyl (C=O) groups is 1. The number of ketones is 1. The molecule has 14 heavy (non-hydrogen) atoms. The van der Waals surface area contributed by atoms with E-state index in [4.69, 9.17) is 5.26 Å². The number of carbonyl (C=O) groups excluding carboxylic acids is 1. The van der Waals surface area contributed by atoms with Crippen molar-refractivity contribution >= 4 is 5.78 Å². The number of benzene rings is 1. The van der Waals surface area contributed by atoms with Crippen LogP contribution in [0.15, 0.2) is 18.2 Å². The number of rotatable bonds is 3. The third kappa shape index (κ3) is 2.12. The molecule has 0 aliphatic heterocycles. The highest BCUT2D eigenvalue weighted by Crippen LogP contribution is 2.24. The molecule has 0 aliphatic rings. The molecular formula is C11H14O3. The van der Waals surface area contributed by atoms with Gasteiger partial charge in [0.25, 0.3) is 0 Å². The van der Waals surface area contributed by atoms with Crippen LogP contribution in [-0.2, 0) is 0 Å². The summed E-state index contributed by atoms with van der Waals surface area (Å²) in [5.74, 6) is 0.612. The summed E-state index contributed by atoms with van der Waals surface area (Å²) >= 11 is 0. The van der Waals surface area contributed by atoms with Gasteiger partial charge >= 0.3 is 0 Å². The average molecular weight is 194 g/mol. The quantitative estimate of drug-likeness (QED) is 0.457. The maximum Gasteiger partial charge on any atom is 0.165 e. The second-order valence-corrected chi connectivity index (χ2v) is 3.55. The molecule has 1 aromatic rings. The molecule has 3 nitrogen and oxygen atoms in total. The summed E-state index contributed by atoms with van der Waals surface area (Å²) in [6.45, 7) is 5.51. The molecular weight excluding hydrogens is 180 g/mol. The normalized spacial score (nSPS) is 10.4. The van der Waals surface area contributed by atoms with Gasteiger partial charge in [-0.3, -0.25) is 4.79 Å². The van der Waals surface area contributed by atoms with Gasteiger partial charge in [0.1, 0.15) is 0 Å². The van der Waals surface area contributed by atoms with Crippen LogP contribution in [0.3, 0.4) is 0 Å². The van der Waals surface area contributed by atoms with Crippen molar-refractivity contribution in [1.82, 2.24) is 0 Å². The standard InChI is InChI=1S/C11H14O3/c1-7(2)11-6-9(14-13)4-5-10(11)8(3)12/h4-7,13H,1-3H3. The van der Waals surface area contributed by atoms with Crippen molar-refractivity contribution in [2.75, 3.05) is 0 Å². The zero-order chi connectivity index (χ0) is 10.7. The summed E-state index contributed by atoms with van der Waals surface area (Å²) in [7, 11) is 0. The van der Waals surface area contributed by atoms with Crippen LogP contribution >= 0.6 is 0 Å². The second-order valence-electron chi connectivity index (χ2n) is 3.55. The Hall–Kier alpha value is -1.35. The Morgan fingerprint density at radius 1 is 1.43 bits per heavy atom. The predicted molar refractivity (Wildman–Crippen MR) is 53.8 cm³/mol. The fourth-order valence-electron chi connectivity index (χ4n) is 1.40. The van der Waals surface area contributed by atoms with E-state index in [0.717, 1.165) is 5.56 Å². The molecule has 0 aromatic heterocycles. The zero-order valence-electron chi connectivity index (χ0n) is 8.57. The zero-order valence-corrected chi connectivity index (χ0v) is 8.57. The van der Waals surface area contributed by atoms with Crippen molar-refractivity contribution in [2.45, 2.75) is 26.7 Å². The smallest absolute Gasteiger partial charge is 0.165 e. The first-order chi connectivity index (χ1) is 6.56. The van der Waals surface area contributed by atoms with Gasteiger partial charge in [0.05, 0.1) is 0 Å². The Morgan fingerprint density at radius 2 is 2.07 bits per heavy atom. The van der Waals surface area contributed by atoms with Crippen LogP contribution in [0.1, 0.15) is 42.6 Å². The van der Waals surface area contributed by atoms with Gasteiger partial charge in [-0.15, -0.1) is 0 Å². The van der Waals surface area contributed by atoms with E-state index in [1.54, 1.807) is 18.2 Å². The minimum atomic E-state index is 0.0261. The fourth-order valence-corrected chi connectivity index (χ4v) is 1.40. The topological polar surface area (TPSA) is 46.5 Å². The second kappa shape index (κ2) is 4.24. The molecule has 0 spiro atoms. The monoisotopic (exact) mass is 194 g/mol. The first-order valence-electron chi connectivity index (χ1n) is 4.52. The molecule has 1 aromatic carbocycles. The Balaban J connectivity index is 3.24. The molecule has 0 atom stereocenters. The van der Waals surface area contributed by atoms with Crippen LogP contribution in [0.25, 0.3) is 0 Å². The van der Waals surface area contributed by atoms with Crippen LogP contribution in [0, 0.1) is 0 Å². The van der Waals surface area contributed by atoms with Crippen molar-refractivity contribution in [1.29, 1.82) is 0 Å². The third-order valence-electron chi connectivity index (χ3n) is 2.13. The number of hydrogen-bond acceptors (Lipinski definition) is 3. The van der Waals surface area contributed by atoms with Gasteiger partial charge in [-0.25, -0.2) is 5.26 Å². The SMILES string of the molecule is CC(=O)c1ccc(OO)cc1C(C)C. The molecule has 1 N–H and O–H groups in total. The highest BCUT2D eigenvalue weighted by atomic mass is 17.1. The summed E-state index contributed by atoms with van der Waals surface area (Å²) in [5.41, 5.74) is 1.57. The first kappa shape index (κ1) is 10.7. The molecule has 0 saturated heterocycles. The summed E-state index contributed by atoms with van der Waals surface area (Å²) in [4.78, 5) is 15.4. The van der Waals surface area contributed by atoms with Crippen LogP contribution in [0.5, 0.6) is 5.75 Å². The summed E-state index contributed by atoms with van der Waals surface area (Å²) in [5, 5.41) is 8.49. The van der Waals surface area contributed by atoms with E-state index in [1.807, 2.05) is 13.8 Å². The maximum atomic E-state index is 11.3. The summed E-state index contributed by atoms with van der Waals surface area (Å²) in [6.07, 6.45) is 0. The predicted octanol–water partition coefficient (Wildman–Crippen LogP) is 2.86. The largest absolute Gasteiger partial charge is 0.340 e. The molecule has 3 heteroatoms. The molecule has 76 valence electrons. The van der Waals surface area contributed by atoms with E-state index >= 15 is 0 Å². The summed E-state index contributed by atoms with van der Waals surface area (Å²) < 4.78 is 0. The molecule has 0 radical (unpaired) electrons. The van der Waals surface area contributed by atoms with Gasteiger partial charge < -0.3 is 4.89 Å². The van der Waals surface area contributed by atoms with Gasteiger partial charge in [0.15, 0.2) is 11.5 Å². The van der Waals surface area contributed by atoms with Crippen LogP contribution in [-0.4, -0.2) is 11.0 Å². The van der Waals surface area contributed by atoms with E-state index in [-0.39, 0.29) is 11.7 Å². The van der Waals surface area contributed by atoms with Crippen LogP contribution < -0.4 is 4.89 Å². The minimum absolute atomic E-state index is 0.0261. The number of Topliss-reactive ketones (excluding diaryl/α,β-unsaturated/α-hetero) is 1. The van der Waals surface area contributed by atoms with Gasteiger partial charge in [0.2, 0.25) is 0 Å². The van der Waals surface area contributed by atoms with Gasteiger partial charge in [-0.05, 0) is 36.6 Å². The van der Waals surface area contributed by atoms with Crippen molar-refractivity contribution in [3.8, 4) is 5.75 Å². The molecule has 0 fully saturated rings. The Morgan fingerprint density at radius 3 is 2.50 bits per heavy atom. The van der Waals surface area contributed by atoms with E-state index in [1.165, 1.54) is 6.92 Å². The lowest BCUT2D eigenvalue weighted by atomic mass is 9.95. The highest BCUT2D eigenvalue weighted by Gasteiger charge is 2.11. The lowest BCUT2D eigenvalue weighted by Crippen LogP contribution is -2.01. The molecule has 0 unspecified atom stereocenters. The average Bonchev–Trinajstić information content (AvgIpc) is 2.16. The lowest BCUT2D eigenvalue weighted by Gasteiger charge is -2.11. The summed E-state index contributed by atoms with van der Waals surface area (Å²) in [6, 6.07) is 4.92. The Kier molecular flexibility index (Phi) is 3.25. The Labute approximate surface area is 83.3 Å². The van der Waals surface area contributed by atoms with Gasteiger partial charge in [0, 0.05) is 5.56 Å². The molecule has 1 rings (SSSR count).